The van der Waals surface area contributed by atoms with Crippen LogP contribution in [0.3, 0.4) is 0 Å². The van der Waals surface area contributed by atoms with Crippen LogP contribution in [0.4, 0.5) is 4.79 Å². The van der Waals surface area contributed by atoms with Crippen molar-refractivity contribution in [2.75, 3.05) is 20.3 Å². The first kappa shape index (κ1) is 15.8. The molecule has 110 valence electrons. The van der Waals surface area contributed by atoms with Gasteiger partial charge >= 0.3 is 12.1 Å². The molecule has 0 aliphatic carbocycles. The largest absolute Gasteiger partial charge is 0.467 e. The van der Waals surface area contributed by atoms with Gasteiger partial charge in [0, 0.05) is 13.0 Å². The van der Waals surface area contributed by atoms with E-state index in [1.165, 1.54) is 12.0 Å². The molecule has 0 aromatic carbocycles. The molecule has 1 amide bonds. The van der Waals surface area contributed by atoms with Crippen LogP contribution in [0.15, 0.2) is 0 Å². The summed E-state index contributed by atoms with van der Waals surface area (Å²) in [6, 6.07) is -0.628. The van der Waals surface area contributed by atoms with Crippen LogP contribution < -0.4 is 0 Å². The minimum atomic E-state index is -0.628. The van der Waals surface area contributed by atoms with E-state index in [1.807, 2.05) is 6.92 Å². The van der Waals surface area contributed by atoms with Gasteiger partial charge in [0.1, 0.15) is 11.6 Å². The molecule has 1 saturated heterocycles. The number of esters is 1. The van der Waals surface area contributed by atoms with Gasteiger partial charge < -0.3 is 14.2 Å². The summed E-state index contributed by atoms with van der Waals surface area (Å²) in [5.74, 6) is -0.437. The standard InChI is InChI=1S/C13H23NO5/c1-6-18-9-7-10(11(15)17-5)14(8-9)12(16)19-13(2,3)4/h9-10H,6-8H2,1-5H3/t9-,10-/m0/s1. The monoisotopic (exact) mass is 273 g/mol. The molecule has 0 spiro atoms. The van der Waals surface area contributed by atoms with E-state index in [-0.39, 0.29) is 6.10 Å². The van der Waals surface area contributed by atoms with E-state index >= 15 is 0 Å². The maximum Gasteiger partial charge on any atom is 0.411 e. The van der Waals surface area contributed by atoms with Crippen molar-refractivity contribution in [1.82, 2.24) is 4.90 Å². The van der Waals surface area contributed by atoms with Gasteiger partial charge in [-0.3, -0.25) is 4.90 Å². The Balaban J connectivity index is 2.76. The summed E-state index contributed by atoms with van der Waals surface area (Å²) < 4.78 is 15.5. The van der Waals surface area contributed by atoms with Gasteiger partial charge in [0.25, 0.3) is 0 Å². The highest BCUT2D eigenvalue weighted by atomic mass is 16.6. The lowest BCUT2D eigenvalue weighted by Gasteiger charge is -2.27. The Morgan fingerprint density at radius 2 is 1.95 bits per heavy atom. The van der Waals surface area contributed by atoms with E-state index in [2.05, 4.69) is 0 Å². The fourth-order valence-corrected chi connectivity index (χ4v) is 2.04. The molecule has 0 unspecified atom stereocenters. The highest BCUT2D eigenvalue weighted by Gasteiger charge is 2.42. The Morgan fingerprint density at radius 3 is 2.42 bits per heavy atom. The van der Waals surface area contributed by atoms with Crippen molar-refractivity contribution in [2.45, 2.75) is 51.9 Å². The molecule has 1 aliphatic heterocycles. The number of likely N-dealkylation sites (tertiary alicyclic amines) is 1. The summed E-state index contributed by atoms with van der Waals surface area (Å²) in [5.41, 5.74) is -0.596. The summed E-state index contributed by atoms with van der Waals surface area (Å²) in [6.07, 6.45) is -0.216. The van der Waals surface area contributed by atoms with E-state index in [0.717, 1.165) is 0 Å². The van der Waals surface area contributed by atoms with E-state index in [0.29, 0.717) is 19.6 Å². The van der Waals surface area contributed by atoms with Gasteiger partial charge in [-0.1, -0.05) is 0 Å². The first-order valence-electron chi connectivity index (χ1n) is 6.47. The van der Waals surface area contributed by atoms with Crippen molar-refractivity contribution in [1.29, 1.82) is 0 Å². The Hall–Kier alpha value is -1.30. The van der Waals surface area contributed by atoms with Crippen LogP contribution in [0.25, 0.3) is 0 Å². The SMILES string of the molecule is CCO[C@H]1C[C@@H](C(=O)OC)N(C(=O)OC(C)(C)C)C1. The molecule has 0 N–H and O–H groups in total. The lowest BCUT2D eigenvalue weighted by molar-refractivity contribution is -0.145. The Bertz CT molecular complexity index is 336. The van der Waals surface area contributed by atoms with Gasteiger partial charge in [0.2, 0.25) is 0 Å². The van der Waals surface area contributed by atoms with Crippen LogP contribution in [0.1, 0.15) is 34.1 Å². The van der Waals surface area contributed by atoms with Crippen molar-refractivity contribution in [3.05, 3.63) is 0 Å². The molecule has 6 nitrogen and oxygen atoms in total. The molecule has 0 radical (unpaired) electrons. The number of amides is 1. The molecule has 0 aromatic heterocycles. The van der Waals surface area contributed by atoms with E-state index in [1.54, 1.807) is 20.8 Å². The van der Waals surface area contributed by atoms with Crippen LogP contribution in [-0.4, -0.2) is 55.0 Å². The van der Waals surface area contributed by atoms with Gasteiger partial charge in [0.05, 0.1) is 19.8 Å². The molecule has 1 heterocycles. The van der Waals surface area contributed by atoms with Crippen molar-refractivity contribution < 1.29 is 23.8 Å². The van der Waals surface area contributed by atoms with Gasteiger partial charge in [-0.05, 0) is 27.7 Å². The van der Waals surface area contributed by atoms with Crippen LogP contribution >= 0.6 is 0 Å². The molecular formula is C13H23NO5. The smallest absolute Gasteiger partial charge is 0.411 e. The minimum absolute atomic E-state index is 0.151. The normalized spacial score (nSPS) is 23.3. The van der Waals surface area contributed by atoms with Gasteiger partial charge in [-0.25, -0.2) is 9.59 Å². The average Bonchev–Trinajstić information content (AvgIpc) is 2.70. The molecule has 1 aliphatic rings. The zero-order valence-electron chi connectivity index (χ0n) is 12.3. The number of ether oxygens (including phenoxy) is 3. The fraction of sp³-hybridized carbons (Fsp3) is 0.846. The van der Waals surface area contributed by atoms with Crippen molar-refractivity contribution >= 4 is 12.1 Å². The Morgan fingerprint density at radius 1 is 1.32 bits per heavy atom. The number of nitrogens with zero attached hydrogens (tertiary/aromatic N) is 1. The molecular weight excluding hydrogens is 250 g/mol. The number of carbonyl (C=O) groups is 2. The third-order valence-corrected chi connectivity index (χ3v) is 2.77. The maximum atomic E-state index is 12.1. The van der Waals surface area contributed by atoms with Crippen molar-refractivity contribution in [2.24, 2.45) is 0 Å². The lowest BCUT2D eigenvalue weighted by atomic mass is 10.2. The third-order valence-electron chi connectivity index (χ3n) is 2.77. The van der Waals surface area contributed by atoms with Crippen molar-refractivity contribution in [3.8, 4) is 0 Å². The Kier molecular flexibility index (Phi) is 5.17. The summed E-state index contributed by atoms with van der Waals surface area (Å²) in [6.45, 7) is 8.13. The van der Waals surface area contributed by atoms with Crippen molar-refractivity contribution in [3.63, 3.8) is 0 Å². The average molecular weight is 273 g/mol. The summed E-state index contributed by atoms with van der Waals surface area (Å²) in [4.78, 5) is 25.2. The minimum Gasteiger partial charge on any atom is -0.467 e. The number of hydrogen-bond donors (Lipinski definition) is 0. The van der Waals surface area contributed by atoms with Gasteiger partial charge in [-0.15, -0.1) is 0 Å². The highest BCUT2D eigenvalue weighted by Crippen LogP contribution is 2.24. The van der Waals surface area contributed by atoms with Crippen LogP contribution in [0.5, 0.6) is 0 Å². The fourth-order valence-electron chi connectivity index (χ4n) is 2.04. The number of rotatable bonds is 3. The first-order chi connectivity index (χ1) is 8.78. The molecule has 6 heteroatoms. The van der Waals surface area contributed by atoms with Gasteiger partial charge in [-0.2, -0.15) is 0 Å². The summed E-state index contributed by atoms with van der Waals surface area (Å²) >= 11 is 0. The molecule has 19 heavy (non-hydrogen) atoms. The first-order valence-corrected chi connectivity index (χ1v) is 6.47. The van der Waals surface area contributed by atoms with E-state index in [4.69, 9.17) is 14.2 Å². The van der Waals surface area contributed by atoms with E-state index in [9.17, 15) is 9.59 Å². The second kappa shape index (κ2) is 6.23. The topological polar surface area (TPSA) is 65.1 Å². The summed E-state index contributed by atoms with van der Waals surface area (Å²) in [5, 5.41) is 0. The molecule has 0 bridgehead atoms. The number of carbonyl (C=O) groups excluding carboxylic acids is 2. The predicted octanol–water partition coefficient (Wildman–Crippen LogP) is 1.57. The Labute approximate surface area is 114 Å². The van der Waals surface area contributed by atoms with Crippen LogP contribution in [-0.2, 0) is 19.0 Å². The molecule has 1 fully saturated rings. The molecule has 2 atom stereocenters. The summed E-state index contributed by atoms with van der Waals surface area (Å²) in [7, 11) is 1.31. The van der Waals surface area contributed by atoms with Gasteiger partial charge in [0.15, 0.2) is 0 Å². The molecule has 0 aromatic rings. The van der Waals surface area contributed by atoms with E-state index < -0.39 is 23.7 Å². The molecule has 1 rings (SSSR count). The zero-order chi connectivity index (χ0) is 14.6. The highest BCUT2D eigenvalue weighted by molar-refractivity contribution is 5.82. The number of hydrogen-bond acceptors (Lipinski definition) is 5. The second-order valence-electron chi connectivity index (χ2n) is 5.48. The predicted molar refractivity (Wildman–Crippen MR) is 68.8 cm³/mol. The quantitative estimate of drug-likeness (QED) is 0.730. The number of methoxy groups -OCH3 is 1. The third kappa shape index (κ3) is 4.38. The van der Waals surface area contributed by atoms with Crippen LogP contribution in [0.2, 0.25) is 0 Å². The van der Waals surface area contributed by atoms with Crippen LogP contribution in [0, 0.1) is 0 Å². The zero-order valence-corrected chi connectivity index (χ0v) is 12.3. The lowest BCUT2D eigenvalue weighted by Crippen LogP contribution is -2.44. The molecule has 0 saturated carbocycles. The maximum absolute atomic E-state index is 12.1. The second-order valence-corrected chi connectivity index (χ2v) is 5.48.